The minimum atomic E-state index is -1.78. The van der Waals surface area contributed by atoms with Gasteiger partial charge in [-0.15, -0.1) is 5.69 Å². The van der Waals surface area contributed by atoms with Crippen LogP contribution in [0.2, 0.25) is 19.1 Å². The monoisotopic (exact) mass is 475 g/mol. The third kappa shape index (κ3) is 7.32. The Labute approximate surface area is 188 Å². The summed E-state index contributed by atoms with van der Waals surface area (Å²) in [6.07, 6.45) is 5.91. The summed E-state index contributed by atoms with van der Waals surface area (Å²) in [6.45, 7) is 11.2. The summed E-state index contributed by atoms with van der Waals surface area (Å²) in [6, 6.07) is 7.58. The summed E-state index contributed by atoms with van der Waals surface area (Å²) in [5.74, 6) is 1.26. The fraction of sp³-hybridized carbons (Fsp3) is 0.500. The van der Waals surface area contributed by atoms with Crippen molar-refractivity contribution in [1.29, 1.82) is 0 Å². The van der Waals surface area contributed by atoms with Crippen molar-refractivity contribution >= 4 is 32.5 Å². The first-order chi connectivity index (χ1) is 12.6. The molecule has 2 aliphatic rings. The SMILES string of the molecule is Cc1cc(C)cc([N-][Si](C)(C)CC2=CC=C(F)C3CC(C)CC23)c1.[CH3-].[Cl][Ti][Cl]. The van der Waals surface area contributed by atoms with E-state index in [9.17, 15) is 4.39 Å². The predicted octanol–water partition coefficient (Wildman–Crippen LogP) is 8.80. The van der Waals surface area contributed by atoms with Gasteiger partial charge < -0.3 is 12.4 Å². The first-order valence-corrected chi connectivity index (χ1v) is 16.9. The summed E-state index contributed by atoms with van der Waals surface area (Å²) < 4.78 is 14.2. The van der Waals surface area contributed by atoms with Gasteiger partial charge in [0.05, 0.1) is 0 Å². The molecule has 0 heterocycles. The molecular weight excluding hydrogens is 444 g/mol. The van der Waals surface area contributed by atoms with E-state index in [1.54, 1.807) is 6.08 Å². The third-order valence-corrected chi connectivity index (χ3v) is 7.50. The molecule has 28 heavy (non-hydrogen) atoms. The molecule has 0 aliphatic heterocycles. The molecule has 1 aromatic carbocycles. The Morgan fingerprint density at radius 3 is 2.18 bits per heavy atom. The van der Waals surface area contributed by atoms with Crippen LogP contribution in [-0.4, -0.2) is 8.24 Å². The zero-order chi connectivity index (χ0) is 20.2. The number of allylic oxidation sites excluding steroid dienone is 4. The van der Waals surface area contributed by atoms with Crippen molar-refractivity contribution < 1.29 is 21.4 Å². The fourth-order valence-electron chi connectivity index (χ4n) is 4.53. The first-order valence-electron chi connectivity index (χ1n) is 9.49. The Morgan fingerprint density at radius 2 is 1.61 bits per heavy atom. The molecule has 0 amide bonds. The first kappa shape index (κ1) is 26.0. The van der Waals surface area contributed by atoms with Gasteiger partial charge in [-0.1, -0.05) is 67.0 Å². The molecule has 3 atom stereocenters. The molecule has 0 N–H and O–H groups in total. The summed E-state index contributed by atoms with van der Waals surface area (Å²) in [5.41, 5.74) is 5.09. The second-order valence-corrected chi connectivity index (χ2v) is 15.4. The molecule has 1 aromatic rings. The second-order valence-electron chi connectivity index (χ2n) is 8.60. The van der Waals surface area contributed by atoms with Crippen LogP contribution in [0.25, 0.3) is 4.98 Å². The molecule has 1 fully saturated rings. The second kappa shape index (κ2) is 11.4. The Kier molecular flexibility index (Phi) is 10.5. The van der Waals surface area contributed by atoms with Crippen molar-refractivity contribution in [1.82, 2.24) is 0 Å². The Bertz CT molecular complexity index is 700. The van der Waals surface area contributed by atoms with Crippen LogP contribution in [0, 0.1) is 39.0 Å². The number of benzene rings is 1. The average molecular weight is 476 g/mol. The average Bonchev–Trinajstić information content (AvgIpc) is 2.92. The Morgan fingerprint density at radius 1 is 1.07 bits per heavy atom. The minimum absolute atomic E-state index is 0. The van der Waals surface area contributed by atoms with Crippen LogP contribution < -0.4 is 0 Å². The van der Waals surface area contributed by atoms with Gasteiger partial charge in [0.25, 0.3) is 0 Å². The molecule has 0 aromatic heterocycles. The molecule has 3 unspecified atom stereocenters. The van der Waals surface area contributed by atoms with Gasteiger partial charge in [0.1, 0.15) is 5.83 Å². The van der Waals surface area contributed by atoms with Crippen LogP contribution in [0.4, 0.5) is 10.1 Å². The van der Waals surface area contributed by atoms with Crippen molar-refractivity contribution in [3.05, 3.63) is 65.3 Å². The molecule has 1 saturated carbocycles. The van der Waals surface area contributed by atoms with Gasteiger partial charge in [0, 0.05) is 5.92 Å². The number of hydrogen-bond acceptors (Lipinski definition) is 0. The van der Waals surface area contributed by atoms with Crippen LogP contribution in [0.15, 0.2) is 41.8 Å². The summed E-state index contributed by atoms with van der Waals surface area (Å²) >= 11 is -0.556. The predicted molar refractivity (Wildman–Crippen MR) is 122 cm³/mol. The maximum atomic E-state index is 14.2. The molecule has 2 aliphatic carbocycles. The normalized spacial score (nSPS) is 23.4. The van der Waals surface area contributed by atoms with Crippen LogP contribution in [0.5, 0.6) is 0 Å². The fourth-order valence-corrected chi connectivity index (χ4v) is 6.82. The van der Waals surface area contributed by atoms with Crippen molar-refractivity contribution in [2.75, 3.05) is 0 Å². The van der Waals surface area contributed by atoms with Gasteiger partial charge in [-0.3, -0.25) is 0 Å². The quantitative estimate of drug-likeness (QED) is 0.305. The van der Waals surface area contributed by atoms with Gasteiger partial charge in [0.15, 0.2) is 0 Å². The van der Waals surface area contributed by atoms with Gasteiger partial charge in [-0.05, 0) is 52.8 Å². The topological polar surface area (TPSA) is 14.1 Å². The molecule has 0 radical (unpaired) electrons. The standard InChI is InChI=1S/C21H29FNSi.CH3.2ClH.Ti/c1-14-8-15(2)10-18(9-14)23-24(4,5)13-17-6-7-21(22)20-12-16(3)11-19(17)20;;;;/h6-10,16,19-20H,11-13H2,1-5H3;1H3;2*1H;/q2*-1;;;+2/p-2. The van der Waals surface area contributed by atoms with E-state index in [2.05, 4.69) is 58.1 Å². The molecule has 156 valence electrons. The summed E-state index contributed by atoms with van der Waals surface area (Å²) in [7, 11) is 8.00. The Balaban J connectivity index is 0.000000921. The van der Waals surface area contributed by atoms with E-state index in [1.165, 1.54) is 16.7 Å². The zero-order valence-corrected chi connectivity index (χ0v) is 21.9. The van der Waals surface area contributed by atoms with Gasteiger partial charge in [-0.25, -0.2) is 4.39 Å². The van der Waals surface area contributed by atoms with Crippen LogP contribution in [0.3, 0.4) is 0 Å². The van der Waals surface area contributed by atoms with Crippen LogP contribution in [-0.2, 0) is 17.0 Å². The van der Waals surface area contributed by atoms with Gasteiger partial charge in [-0.2, -0.15) is 0 Å². The van der Waals surface area contributed by atoms with Crippen molar-refractivity contribution in [2.45, 2.75) is 52.8 Å². The summed E-state index contributed by atoms with van der Waals surface area (Å²) in [4.78, 5) is 5.14. The molecule has 6 heteroatoms. The van der Waals surface area contributed by atoms with E-state index >= 15 is 0 Å². The number of hydrogen-bond donors (Lipinski definition) is 0. The Hall–Kier alpha value is -0.0588. The van der Waals surface area contributed by atoms with E-state index in [4.69, 9.17) is 23.6 Å². The molecule has 1 nitrogen and oxygen atoms in total. The van der Waals surface area contributed by atoms with Crippen LogP contribution >= 0.6 is 18.6 Å². The number of fused-ring (bicyclic) bond motifs is 1. The molecule has 0 saturated heterocycles. The summed E-state index contributed by atoms with van der Waals surface area (Å²) in [5, 5.41) is 0. The van der Waals surface area contributed by atoms with E-state index in [-0.39, 0.29) is 19.2 Å². The van der Waals surface area contributed by atoms with Crippen LogP contribution in [0.1, 0.15) is 30.9 Å². The van der Waals surface area contributed by atoms with E-state index in [0.717, 1.165) is 24.6 Å². The van der Waals surface area contributed by atoms with Crippen molar-refractivity contribution in [3.63, 3.8) is 0 Å². The molecule has 3 rings (SSSR count). The number of rotatable bonds is 4. The van der Waals surface area contributed by atoms with Crippen molar-refractivity contribution in [3.8, 4) is 0 Å². The van der Waals surface area contributed by atoms with E-state index < -0.39 is 25.3 Å². The number of nitrogens with zero attached hydrogens (tertiary/aromatic N) is 1. The van der Waals surface area contributed by atoms with Crippen molar-refractivity contribution in [2.24, 2.45) is 17.8 Å². The molecular formula is C22H32Cl2FNSiTi-2. The zero-order valence-electron chi connectivity index (χ0n) is 17.8. The third-order valence-electron chi connectivity index (χ3n) is 5.36. The van der Waals surface area contributed by atoms with E-state index in [1.807, 2.05) is 0 Å². The van der Waals surface area contributed by atoms with E-state index in [0.29, 0.717) is 11.8 Å². The van der Waals surface area contributed by atoms with Gasteiger partial charge >= 0.3 is 35.6 Å². The van der Waals surface area contributed by atoms with Gasteiger partial charge in [0.2, 0.25) is 0 Å². The maximum absolute atomic E-state index is 14.2. The number of aryl methyl sites for hydroxylation is 2. The molecule has 0 bridgehead atoms. The number of halogens is 3. The molecule has 0 spiro atoms.